The number of para-hydroxylation sites is 2. The molecule has 3 aromatic carbocycles. The van der Waals surface area contributed by atoms with Gasteiger partial charge in [0.15, 0.2) is 0 Å². The summed E-state index contributed by atoms with van der Waals surface area (Å²) < 4.78 is 8.35. The summed E-state index contributed by atoms with van der Waals surface area (Å²) in [5.74, 6) is 2.79. The molecule has 186 valence electrons. The van der Waals surface area contributed by atoms with E-state index in [0.29, 0.717) is 32.0 Å². The average Bonchev–Trinajstić information content (AvgIpc) is 3.47. The fourth-order valence-corrected chi connectivity index (χ4v) is 5.08. The normalized spacial score (nSPS) is 16.6. The predicted octanol–water partition coefficient (Wildman–Crippen LogP) is 6.54. The SMILES string of the molecule is CCC(C)c1ccc(OCCCn2c(C3CC(=O)N(Cc4ccccc4)C3)nc3ccccc32)cc1. The van der Waals surface area contributed by atoms with Gasteiger partial charge in [-0.1, -0.05) is 68.4 Å². The molecular weight excluding hydrogens is 446 g/mol. The number of aromatic nitrogens is 2. The summed E-state index contributed by atoms with van der Waals surface area (Å²) in [6, 6.07) is 27.0. The maximum atomic E-state index is 12.9. The number of hydrogen-bond donors (Lipinski definition) is 0. The molecule has 2 heterocycles. The van der Waals surface area contributed by atoms with E-state index < -0.39 is 0 Å². The molecule has 4 aromatic rings. The monoisotopic (exact) mass is 481 g/mol. The number of ether oxygens (including phenoxy) is 1. The minimum Gasteiger partial charge on any atom is -0.494 e. The Bertz CT molecular complexity index is 1300. The Morgan fingerprint density at radius 2 is 1.75 bits per heavy atom. The first kappa shape index (κ1) is 24.1. The van der Waals surface area contributed by atoms with Gasteiger partial charge < -0.3 is 14.2 Å². The molecule has 5 rings (SSSR count). The number of hydrogen-bond acceptors (Lipinski definition) is 3. The Hall–Kier alpha value is -3.60. The number of imidazole rings is 1. The van der Waals surface area contributed by atoms with Gasteiger partial charge in [0, 0.05) is 32.0 Å². The van der Waals surface area contributed by atoms with E-state index in [2.05, 4.69) is 73.0 Å². The number of amides is 1. The molecule has 0 radical (unpaired) electrons. The van der Waals surface area contributed by atoms with Crippen LogP contribution in [0.25, 0.3) is 11.0 Å². The van der Waals surface area contributed by atoms with Crippen molar-refractivity contribution in [3.05, 3.63) is 95.8 Å². The highest BCUT2D eigenvalue weighted by atomic mass is 16.5. The van der Waals surface area contributed by atoms with E-state index in [1.54, 1.807) is 0 Å². The summed E-state index contributed by atoms with van der Waals surface area (Å²) >= 11 is 0. The summed E-state index contributed by atoms with van der Waals surface area (Å²) in [7, 11) is 0. The average molecular weight is 482 g/mol. The first-order valence-corrected chi connectivity index (χ1v) is 13.1. The summed E-state index contributed by atoms with van der Waals surface area (Å²) in [6.45, 7) is 7.27. The summed E-state index contributed by atoms with van der Waals surface area (Å²) in [5.41, 5.74) is 4.63. The molecule has 0 bridgehead atoms. The lowest BCUT2D eigenvalue weighted by atomic mass is 9.99. The van der Waals surface area contributed by atoms with Crippen molar-refractivity contribution in [3.8, 4) is 5.75 Å². The van der Waals surface area contributed by atoms with Crippen LogP contribution in [0.3, 0.4) is 0 Å². The van der Waals surface area contributed by atoms with Gasteiger partial charge in [0.25, 0.3) is 0 Å². The van der Waals surface area contributed by atoms with E-state index in [0.717, 1.165) is 47.6 Å². The van der Waals surface area contributed by atoms with Crippen molar-refractivity contribution in [3.63, 3.8) is 0 Å². The molecule has 1 aliphatic heterocycles. The van der Waals surface area contributed by atoms with Gasteiger partial charge in [-0.3, -0.25) is 4.79 Å². The smallest absolute Gasteiger partial charge is 0.223 e. The van der Waals surface area contributed by atoms with Crippen LogP contribution < -0.4 is 4.74 Å². The van der Waals surface area contributed by atoms with Gasteiger partial charge in [-0.15, -0.1) is 0 Å². The largest absolute Gasteiger partial charge is 0.494 e. The van der Waals surface area contributed by atoms with Crippen molar-refractivity contribution in [1.29, 1.82) is 0 Å². The van der Waals surface area contributed by atoms with Crippen molar-refractivity contribution in [2.45, 2.75) is 58.0 Å². The quantitative estimate of drug-likeness (QED) is 0.242. The van der Waals surface area contributed by atoms with Crippen LogP contribution in [0.4, 0.5) is 0 Å². The third-order valence-corrected chi connectivity index (χ3v) is 7.34. The number of nitrogens with zero attached hydrogens (tertiary/aromatic N) is 3. The lowest BCUT2D eigenvalue weighted by Gasteiger charge is -2.17. The molecule has 5 heteroatoms. The molecular formula is C31H35N3O2. The third-order valence-electron chi connectivity index (χ3n) is 7.34. The second kappa shape index (κ2) is 11.0. The number of aryl methyl sites for hydroxylation is 1. The number of benzene rings is 3. The number of rotatable bonds is 10. The fraction of sp³-hybridized carbons (Fsp3) is 0.355. The molecule has 5 nitrogen and oxygen atoms in total. The van der Waals surface area contributed by atoms with E-state index in [9.17, 15) is 4.79 Å². The van der Waals surface area contributed by atoms with E-state index in [4.69, 9.17) is 9.72 Å². The summed E-state index contributed by atoms with van der Waals surface area (Å²) in [5, 5.41) is 0. The van der Waals surface area contributed by atoms with E-state index in [1.807, 2.05) is 29.2 Å². The van der Waals surface area contributed by atoms with Gasteiger partial charge in [0.2, 0.25) is 5.91 Å². The van der Waals surface area contributed by atoms with Gasteiger partial charge in [0.1, 0.15) is 11.6 Å². The maximum Gasteiger partial charge on any atom is 0.223 e. The zero-order chi connectivity index (χ0) is 24.9. The first-order valence-electron chi connectivity index (χ1n) is 13.1. The van der Waals surface area contributed by atoms with Gasteiger partial charge in [-0.2, -0.15) is 0 Å². The highest BCUT2D eigenvalue weighted by Gasteiger charge is 2.33. The number of carbonyl (C=O) groups is 1. The number of likely N-dealkylation sites (tertiary alicyclic amines) is 1. The van der Waals surface area contributed by atoms with Gasteiger partial charge in [0.05, 0.1) is 17.6 Å². The number of carbonyl (C=O) groups excluding carboxylic acids is 1. The molecule has 0 saturated carbocycles. The van der Waals surface area contributed by atoms with Crippen LogP contribution >= 0.6 is 0 Å². The van der Waals surface area contributed by atoms with Crippen LogP contribution in [0.2, 0.25) is 0 Å². The van der Waals surface area contributed by atoms with Gasteiger partial charge >= 0.3 is 0 Å². The second-order valence-corrected chi connectivity index (χ2v) is 9.85. The number of fused-ring (bicyclic) bond motifs is 1. The van der Waals surface area contributed by atoms with Crippen LogP contribution in [0, 0.1) is 0 Å². The molecule has 1 amide bonds. The Balaban J connectivity index is 1.26. The van der Waals surface area contributed by atoms with Crippen LogP contribution in [0.5, 0.6) is 5.75 Å². The Morgan fingerprint density at radius 1 is 1.00 bits per heavy atom. The van der Waals surface area contributed by atoms with E-state index in [-0.39, 0.29) is 11.8 Å². The van der Waals surface area contributed by atoms with Crippen molar-refractivity contribution in [2.75, 3.05) is 13.2 Å². The molecule has 1 aliphatic rings. The predicted molar refractivity (Wildman–Crippen MR) is 144 cm³/mol. The Morgan fingerprint density at radius 3 is 2.53 bits per heavy atom. The second-order valence-electron chi connectivity index (χ2n) is 9.85. The molecule has 0 spiro atoms. The fourth-order valence-electron chi connectivity index (χ4n) is 5.08. The molecule has 1 saturated heterocycles. The molecule has 2 unspecified atom stereocenters. The zero-order valence-corrected chi connectivity index (χ0v) is 21.3. The highest BCUT2D eigenvalue weighted by Crippen LogP contribution is 2.31. The van der Waals surface area contributed by atoms with E-state index >= 15 is 0 Å². The zero-order valence-electron chi connectivity index (χ0n) is 21.3. The Labute approximate surface area is 213 Å². The molecule has 0 aliphatic carbocycles. The first-order chi connectivity index (χ1) is 17.6. The van der Waals surface area contributed by atoms with Gasteiger partial charge in [-0.05, 0) is 54.2 Å². The highest BCUT2D eigenvalue weighted by molar-refractivity contribution is 5.81. The minimum atomic E-state index is 0.0997. The third kappa shape index (κ3) is 5.30. The lowest BCUT2D eigenvalue weighted by molar-refractivity contribution is -0.128. The standard InChI is InChI=1S/C31H35N3O2/c1-3-23(2)25-14-16-27(17-15-25)36-19-9-18-34-29-13-8-7-12-28(29)32-31(34)26-20-30(35)33(22-26)21-24-10-5-4-6-11-24/h4-8,10-17,23,26H,3,9,18-22H2,1-2H3. The van der Waals surface area contributed by atoms with Crippen molar-refractivity contribution < 1.29 is 9.53 Å². The van der Waals surface area contributed by atoms with Gasteiger partial charge in [-0.25, -0.2) is 4.98 Å². The van der Waals surface area contributed by atoms with Crippen LogP contribution in [-0.4, -0.2) is 33.5 Å². The van der Waals surface area contributed by atoms with E-state index in [1.165, 1.54) is 5.56 Å². The molecule has 2 atom stereocenters. The maximum absolute atomic E-state index is 12.9. The summed E-state index contributed by atoms with van der Waals surface area (Å²) in [6.07, 6.45) is 2.52. The van der Waals surface area contributed by atoms with Crippen LogP contribution in [0.1, 0.15) is 61.9 Å². The topological polar surface area (TPSA) is 47.4 Å². The van der Waals surface area contributed by atoms with Crippen molar-refractivity contribution in [2.24, 2.45) is 0 Å². The lowest BCUT2D eigenvalue weighted by Crippen LogP contribution is -2.24. The van der Waals surface area contributed by atoms with Crippen LogP contribution in [0.15, 0.2) is 78.9 Å². The molecule has 1 fully saturated rings. The Kier molecular flexibility index (Phi) is 7.36. The molecule has 36 heavy (non-hydrogen) atoms. The minimum absolute atomic E-state index is 0.0997. The van der Waals surface area contributed by atoms with Crippen molar-refractivity contribution >= 4 is 16.9 Å². The van der Waals surface area contributed by atoms with Crippen molar-refractivity contribution in [1.82, 2.24) is 14.5 Å². The molecule has 1 aromatic heterocycles. The summed E-state index contributed by atoms with van der Waals surface area (Å²) in [4.78, 5) is 19.8. The molecule has 0 N–H and O–H groups in total. The van der Waals surface area contributed by atoms with Crippen LogP contribution in [-0.2, 0) is 17.9 Å².